The monoisotopic (exact) mass is 489 g/mol. The minimum Gasteiger partial charge on any atom is -0.492 e. The first-order valence-electron chi connectivity index (χ1n) is 12.2. The van der Waals surface area contributed by atoms with Gasteiger partial charge in [-0.1, -0.05) is 47.3 Å². The fourth-order valence-corrected chi connectivity index (χ4v) is 5.21. The molecule has 4 nitrogen and oxygen atoms in total. The van der Waals surface area contributed by atoms with Crippen molar-refractivity contribution in [2.45, 2.75) is 45.6 Å². The van der Waals surface area contributed by atoms with Gasteiger partial charge < -0.3 is 10.1 Å². The Bertz CT molecular complexity index is 1350. The molecule has 0 aliphatic carbocycles. The van der Waals surface area contributed by atoms with Gasteiger partial charge in [-0.25, -0.2) is 4.98 Å². The van der Waals surface area contributed by atoms with Gasteiger partial charge >= 0.3 is 0 Å². The zero-order valence-electron chi connectivity index (χ0n) is 20.1. The van der Waals surface area contributed by atoms with Gasteiger partial charge in [0.15, 0.2) is 0 Å². The number of nitrogens with one attached hydrogen (secondary N) is 1. The summed E-state index contributed by atoms with van der Waals surface area (Å²) in [6.07, 6.45) is 7.87. The molecular weight excluding hydrogens is 461 g/mol. The number of rotatable bonds is 6. The third-order valence-corrected chi connectivity index (χ3v) is 6.93. The summed E-state index contributed by atoms with van der Waals surface area (Å²) in [6.45, 7) is 5.82. The molecule has 1 fully saturated rings. The Balaban J connectivity index is 1.62. The van der Waals surface area contributed by atoms with Gasteiger partial charge in [0.2, 0.25) is 5.95 Å². The smallest absolute Gasteiger partial charge is 0.220 e. The predicted molar refractivity (Wildman–Crippen MR) is 141 cm³/mol. The van der Waals surface area contributed by atoms with Crippen LogP contribution in [0.3, 0.4) is 0 Å². The fraction of sp³-hybridized carbons (Fsp3) is 0.310. The summed E-state index contributed by atoms with van der Waals surface area (Å²) in [5.41, 5.74) is 5.95. The van der Waals surface area contributed by atoms with Gasteiger partial charge in [0, 0.05) is 40.5 Å². The molecule has 1 aliphatic heterocycles. The van der Waals surface area contributed by atoms with Crippen LogP contribution < -0.4 is 10.1 Å². The normalized spacial score (nSPS) is 15.9. The van der Waals surface area contributed by atoms with E-state index < -0.39 is 5.95 Å². The lowest BCUT2D eigenvalue weighted by atomic mass is 9.98. The van der Waals surface area contributed by atoms with E-state index in [-0.39, 0.29) is 0 Å². The molecule has 0 bridgehead atoms. The SMILES string of the molecule is Cc1cc(C)cc(-c2cnc3cc(Cl)c(-c4cccnc4F)cc3c2OCC[C@H]2CCCCN2)c1. The Hall–Kier alpha value is -3.02. The van der Waals surface area contributed by atoms with Gasteiger partial charge in [0.25, 0.3) is 0 Å². The zero-order chi connectivity index (χ0) is 24.4. The molecule has 5 rings (SSSR count). The summed E-state index contributed by atoms with van der Waals surface area (Å²) in [5.74, 6) is 0.191. The highest BCUT2D eigenvalue weighted by Gasteiger charge is 2.19. The van der Waals surface area contributed by atoms with Gasteiger partial charge in [0.1, 0.15) is 5.75 Å². The van der Waals surface area contributed by atoms with Crippen molar-refractivity contribution < 1.29 is 9.13 Å². The van der Waals surface area contributed by atoms with Crippen LogP contribution in [0.4, 0.5) is 4.39 Å². The van der Waals surface area contributed by atoms with Gasteiger partial charge in [-0.3, -0.25) is 4.98 Å². The van der Waals surface area contributed by atoms with E-state index in [1.807, 2.05) is 12.3 Å². The molecule has 6 heteroatoms. The molecule has 1 atom stereocenters. The lowest BCUT2D eigenvalue weighted by Crippen LogP contribution is -2.35. The summed E-state index contributed by atoms with van der Waals surface area (Å²) < 4.78 is 21.1. The summed E-state index contributed by atoms with van der Waals surface area (Å²) in [6, 6.07) is 14.0. The number of fused-ring (bicyclic) bond motifs is 1. The molecular formula is C29H29ClFN3O. The van der Waals surface area contributed by atoms with E-state index in [1.165, 1.54) is 36.6 Å². The molecule has 0 spiro atoms. The maximum atomic E-state index is 14.6. The molecule has 1 N–H and O–H groups in total. The summed E-state index contributed by atoms with van der Waals surface area (Å²) >= 11 is 6.58. The highest BCUT2D eigenvalue weighted by atomic mass is 35.5. The van der Waals surface area contributed by atoms with Crippen LogP contribution in [-0.4, -0.2) is 29.2 Å². The van der Waals surface area contributed by atoms with Crippen LogP contribution in [0.5, 0.6) is 5.75 Å². The van der Waals surface area contributed by atoms with E-state index >= 15 is 0 Å². The van der Waals surface area contributed by atoms with Crippen molar-refractivity contribution in [3.05, 3.63) is 77.0 Å². The molecule has 0 radical (unpaired) electrons. The molecule has 0 saturated carbocycles. The quantitative estimate of drug-likeness (QED) is 0.289. The van der Waals surface area contributed by atoms with Crippen molar-refractivity contribution in [1.82, 2.24) is 15.3 Å². The van der Waals surface area contributed by atoms with E-state index in [0.717, 1.165) is 35.2 Å². The van der Waals surface area contributed by atoms with E-state index in [4.69, 9.17) is 21.3 Å². The van der Waals surface area contributed by atoms with Crippen LogP contribution in [0, 0.1) is 19.8 Å². The number of aromatic nitrogens is 2. The molecule has 4 aromatic rings. The largest absolute Gasteiger partial charge is 0.492 e. The summed E-state index contributed by atoms with van der Waals surface area (Å²) in [5, 5.41) is 4.82. The van der Waals surface area contributed by atoms with Gasteiger partial charge in [-0.2, -0.15) is 4.39 Å². The predicted octanol–water partition coefficient (Wildman–Crippen LogP) is 7.28. The molecule has 35 heavy (non-hydrogen) atoms. The molecule has 1 saturated heterocycles. The Labute approximate surface area is 210 Å². The van der Waals surface area contributed by atoms with E-state index in [0.29, 0.717) is 34.3 Å². The van der Waals surface area contributed by atoms with Crippen molar-refractivity contribution in [1.29, 1.82) is 0 Å². The molecule has 180 valence electrons. The lowest BCUT2D eigenvalue weighted by Gasteiger charge is -2.24. The minimum absolute atomic E-state index is 0.355. The maximum absolute atomic E-state index is 14.6. The maximum Gasteiger partial charge on any atom is 0.220 e. The van der Waals surface area contributed by atoms with Crippen molar-refractivity contribution >= 4 is 22.5 Å². The first-order valence-corrected chi connectivity index (χ1v) is 12.6. The highest BCUT2D eigenvalue weighted by molar-refractivity contribution is 6.34. The van der Waals surface area contributed by atoms with Crippen LogP contribution in [0.25, 0.3) is 33.2 Å². The van der Waals surface area contributed by atoms with Crippen molar-refractivity contribution in [3.8, 4) is 28.0 Å². The fourth-order valence-electron chi connectivity index (χ4n) is 4.95. The average molecular weight is 490 g/mol. The zero-order valence-corrected chi connectivity index (χ0v) is 20.8. The number of benzene rings is 2. The van der Waals surface area contributed by atoms with Crippen LogP contribution in [0.1, 0.15) is 36.8 Å². The van der Waals surface area contributed by atoms with Crippen molar-refractivity contribution in [3.63, 3.8) is 0 Å². The average Bonchev–Trinajstić information content (AvgIpc) is 2.84. The minimum atomic E-state index is -0.557. The van der Waals surface area contributed by atoms with Crippen LogP contribution in [0.15, 0.2) is 54.9 Å². The lowest BCUT2D eigenvalue weighted by molar-refractivity contribution is 0.271. The van der Waals surface area contributed by atoms with Gasteiger partial charge in [-0.05, 0) is 69.5 Å². The first kappa shape index (κ1) is 23.7. The Kier molecular flexibility index (Phi) is 6.98. The Morgan fingerprint density at radius 3 is 2.60 bits per heavy atom. The molecule has 2 aromatic carbocycles. The van der Waals surface area contributed by atoms with E-state index in [1.54, 1.807) is 18.2 Å². The third kappa shape index (κ3) is 5.16. The number of hydrogen-bond acceptors (Lipinski definition) is 4. The van der Waals surface area contributed by atoms with Gasteiger partial charge in [-0.15, -0.1) is 0 Å². The Morgan fingerprint density at radius 2 is 1.86 bits per heavy atom. The van der Waals surface area contributed by atoms with Crippen LogP contribution in [-0.2, 0) is 0 Å². The Morgan fingerprint density at radius 1 is 1.03 bits per heavy atom. The molecule has 3 heterocycles. The molecule has 2 aromatic heterocycles. The second-order valence-corrected chi connectivity index (χ2v) is 9.76. The molecule has 0 unspecified atom stereocenters. The van der Waals surface area contributed by atoms with E-state index in [9.17, 15) is 4.39 Å². The molecule has 1 aliphatic rings. The third-order valence-electron chi connectivity index (χ3n) is 6.61. The second kappa shape index (κ2) is 10.3. The second-order valence-electron chi connectivity index (χ2n) is 9.35. The summed E-state index contributed by atoms with van der Waals surface area (Å²) in [7, 11) is 0. The van der Waals surface area contributed by atoms with E-state index in [2.05, 4.69) is 42.3 Å². The standard InChI is InChI=1S/C29H29ClFN3O/c1-18-12-19(2)14-20(13-18)25-17-34-27-16-26(30)23(22-7-5-10-33-29(22)31)15-24(27)28(25)35-11-8-21-6-3-4-9-32-21/h5,7,10,12-17,21,32H,3-4,6,8-9,11H2,1-2H3/t21-/m1/s1. The van der Waals surface area contributed by atoms with Gasteiger partial charge in [0.05, 0.1) is 17.1 Å². The number of halogens is 2. The van der Waals surface area contributed by atoms with Crippen LogP contribution >= 0.6 is 11.6 Å². The number of hydrogen-bond donors (Lipinski definition) is 1. The van der Waals surface area contributed by atoms with Crippen LogP contribution in [0.2, 0.25) is 5.02 Å². The van der Waals surface area contributed by atoms with Crippen molar-refractivity contribution in [2.75, 3.05) is 13.2 Å². The highest BCUT2D eigenvalue weighted by Crippen LogP contribution is 2.41. The number of aryl methyl sites for hydroxylation is 2. The van der Waals surface area contributed by atoms with Crippen molar-refractivity contribution in [2.24, 2.45) is 0 Å². The number of pyridine rings is 2. The molecule has 0 amide bonds. The topological polar surface area (TPSA) is 47.0 Å². The first-order chi connectivity index (χ1) is 17.0. The number of ether oxygens (including phenoxy) is 1. The number of nitrogens with zero attached hydrogens (tertiary/aromatic N) is 2. The summed E-state index contributed by atoms with van der Waals surface area (Å²) in [4.78, 5) is 8.51. The number of piperidine rings is 1.